The van der Waals surface area contributed by atoms with E-state index in [1.54, 1.807) is 0 Å². The van der Waals surface area contributed by atoms with E-state index in [-0.39, 0.29) is 39.3 Å². The van der Waals surface area contributed by atoms with E-state index in [1.807, 2.05) is 11.3 Å². The third-order valence-corrected chi connectivity index (χ3v) is 19.7. The minimum absolute atomic E-state index is 0.0135. The van der Waals surface area contributed by atoms with Crippen LogP contribution in [0.1, 0.15) is 149 Å². The van der Waals surface area contributed by atoms with Crippen LogP contribution < -0.4 is 30.4 Å². The molecule has 1 aromatic heterocycles. The van der Waals surface area contributed by atoms with Crippen molar-refractivity contribution in [3.63, 3.8) is 0 Å². The Balaban J connectivity index is 1.17. The van der Waals surface area contributed by atoms with Crippen molar-refractivity contribution in [1.82, 2.24) is 0 Å². The summed E-state index contributed by atoms with van der Waals surface area (Å²) in [6.45, 7) is 31.1. The average Bonchev–Trinajstić information content (AvgIpc) is 3.89. The van der Waals surface area contributed by atoms with Crippen LogP contribution in [0.3, 0.4) is 0 Å². The molecule has 72 heavy (non-hydrogen) atoms. The van der Waals surface area contributed by atoms with Crippen LogP contribution in [-0.4, -0.2) is 12.3 Å². The predicted molar refractivity (Wildman–Crippen MR) is 312 cm³/mol. The maximum atomic E-state index is 2.81. The van der Waals surface area contributed by atoms with Gasteiger partial charge in [0.2, 0.25) is 0 Å². The molecule has 3 nitrogen and oxygen atoms in total. The lowest BCUT2D eigenvalue weighted by Crippen LogP contribution is -2.61. The molecule has 7 aromatic carbocycles. The second-order valence-corrected chi connectivity index (χ2v) is 27.2. The molecule has 3 aliphatic heterocycles. The van der Waals surface area contributed by atoms with E-state index in [2.05, 4.69) is 244 Å². The van der Waals surface area contributed by atoms with Gasteiger partial charge in [0.25, 0.3) is 6.71 Å². The molecule has 5 heteroatoms. The Morgan fingerprint density at radius 2 is 1.06 bits per heavy atom. The van der Waals surface area contributed by atoms with Crippen LogP contribution in [0.15, 0.2) is 140 Å². The molecule has 0 N–H and O–H groups in total. The summed E-state index contributed by atoms with van der Waals surface area (Å²) in [5, 5.41) is 1.34. The first-order valence-corrected chi connectivity index (χ1v) is 27.7. The first-order chi connectivity index (χ1) is 34.1. The fraction of sp³-hybridized carbons (Fsp3) is 0.343. The van der Waals surface area contributed by atoms with Crippen molar-refractivity contribution in [2.24, 2.45) is 0 Å². The van der Waals surface area contributed by atoms with Crippen LogP contribution in [-0.2, 0) is 27.1 Å². The molecule has 4 heterocycles. The molecule has 5 aliphatic rings. The lowest BCUT2D eigenvalue weighted by Gasteiger charge is -2.51. The van der Waals surface area contributed by atoms with E-state index >= 15 is 0 Å². The SMILES string of the molecule is CC(C)(C)c1ccc(N2c3ccc(C(C)(C)C)cc3B3c4sc5cc6c(cc5c4N(c4ccc(C(C)(C)C)cc4)c4cc(N5c7ccccc7C7(C)CCCCC57C)cc2c43)-c2ccccc2C6(C)C)cc1. The second kappa shape index (κ2) is 15.0. The van der Waals surface area contributed by atoms with E-state index in [0.717, 1.165) is 6.42 Å². The first-order valence-electron chi connectivity index (χ1n) is 26.8. The molecule has 0 bridgehead atoms. The second-order valence-electron chi connectivity index (χ2n) is 26.2. The number of hydrogen-bond acceptors (Lipinski definition) is 4. The molecule has 1 saturated carbocycles. The van der Waals surface area contributed by atoms with Crippen LogP contribution in [0, 0.1) is 0 Å². The number of thiophene rings is 1. The first kappa shape index (κ1) is 45.8. The normalized spacial score (nSPS) is 20.5. The number of anilines is 8. The highest BCUT2D eigenvalue weighted by Crippen LogP contribution is 2.62. The summed E-state index contributed by atoms with van der Waals surface area (Å²) in [7, 11) is 0. The topological polar surface area (TPSA) is 9.72 Å². The monoisotopic (exact) mass is 960 g/mol. The van der Waals surface area contributed by atoms with E-state index < -0.39 is 0 Å². The summed E-state index contributed by atoms with van der Waals surface area (Å²) in [6.07, 6.45) is 4.82. The third-order valence-electron chi connectivity index (χ3n) is 18.5. The smallest absolute Gasteiger partial charge is 0.264 e. The average molecular weight is 960 g/mol. The minimum atomic E-state index is -0.114. The molecular weight excluding hydrogens is 890 g/mol. The molecule has 2 atom stereocenters. The maximum Gasteiger partial charge on any atom is 0.264 e. The summed E-state index contributed by atoms with van der Waals surface area (Å²) >= 11 is 2.03. The van der Waals surface area contributed by atoms with Crippen LogP contribution in [0.5, 0.6) is 0 Å². The lowest BCUT2D eigenvalue weighted by atomic mass is 9.36. The summed E-state index contributed by atoms with van der Waals surface area (Å²) in [6, 6.07) is 55.6. The Bertz CT molecular complexity index is 3560. The molecule has 362 valence electrons. The van der Waals surface area contributed by atoms with Gasteiger partial charge in [0.1, 0.15) is 0 Å². The molecular formula is C67H70BN3S. The number of para-hydroxylation sites is 1. The Kier molecular flexibility index (Phi) is 9.56. The van der Waals surface area contributed by atoms with Gasteiger partial charge in [0.05, 0.1) is 11.2 Å². The molecule has 0 radical (unpaired) electrons. The Morgan fingerprint density at radius 3 is 1.71 bits per heavy atom. The standard InChI is InChI=1S/C67H70BN3S/c1-62(2,3)41-24-29-44(30-25-41)69-55-33-28-43(64(7,8)9)36-53(55)68-59-56(69)37-46(71-54-23-17-16-22-51(54)66(12)34-18-19-35-67(66,71)13)38-57(59)70(45-31-26-42(27-32-45)63(4,5)6)60-49-39-48-47-20-14-15-21-50(47)65(10,11)52(48)40-58(49)72-61(60)68/h14-17,20-33,36-40H,18-19,34-35H2,1-13H3. The van der Waals surface area contributed by atoms with Crippen molar-refractivity contribution in [3.05, 3.63) is 173 Å². The van der Waals surface area contributed by atoms with E-state index in [9.17, 15) is 0 Å². The molecule has 0 spiro atoms. The number of hydrogen-bond donors (Lipinski definition) is 0. The van der Waals surface area contributed by atoms with Crippen molar-refractivity contribution in [2.75, 3.05) is 14.7 Å². The molecule has 1 fully saturated rings. The third kappa shape index (κ3) is 6.28. The quantitative estimate of drug-likeness (QED) is 0.163. The van der Waals surface area contributed by atoms with Gasteiger partial charge in [-0.1, -0.05) is 175 Å². The van der Waals surface area contributed by atoms with E-state index in [4.69, 9.17) is 0 Å². The van der Waals surface area contributed by atoms with Crippen LogP contribution in [0.25, 0.3) is 21.2 Å². The highest BCUT2D eigenvalue weighted by Gasteiger charge is 2.58. The number of nitrogens with zero attached hydrogens (tertiary/aromatic N) is 3. The molecule has 2 unspecified atom stereocenters. The van der Waals surface area contributed by atoms with Gasteiger partial charge < -0.3 is 14.7 Å². The molecule has 13 rings (SSSR count). The van der Waals surface area contributed by atoms with Crippen molar-refractivity contribution >= 4 is 89.3 Å². The molecule has 2 aliphatic carbocycles. The summed E-state index contributed by atoms with van der Waals surface area (Å²) in [4.78, 5) is 8.16. The van der Waals surface area contributed by atoms with E-state index in [0.29, 0.717) is 0 Å². The molecule has 0 amide bonds. The largest absolute Gasteiger partial charge is 0.334 e. The highest BCUT2D eigenvalue weighted by atomic mass is 32.1. The van der Waals surface area contributed by atoms with Gasteiger partial charge in [0.15, 0.2) is 0 Å². The van der Waals surface area contributed by atoms with Gasteiger partial charge in [-0.05, 0) is 152 Å². The zero-order valence-corrected chi connectivity index (χ0v) is 45.8. The summed E-state index contributed by atoms with van der Waals surface area (Å²) < 4.78 is 2.78. The number of rotatable bonds is 3. The van der Waals surface area contributed by atoms with Gasteiger partial charge >= 0.3 is 0 Å². The van der Waals surface area contributed by atoms with Crippen LogP contribution in [0.2, 0.25) is 0 Å². The highest BCUT2D eigenvalue weighted by molar-refractivity contribution is 7.33. The minimum Gasteiger partial charge on any atom is -0.334 e. The summed E-state index contributed by atoms with van der Waals surface area (Å²) in [5.74, 6) is 0. The Morgan fingerprint density at radius 1 is 0.486 bits per heavy atom. The fourth-order valence-electron chi connectivity index (χ4n) is 14.1. The summed E-state index contributed by atoms with van der Waals surface area (Å²) in [5.41, 5.74) is 23.9. The van der Waals surface area contributed by atoms with Gasteiger partial charge in [0, 0.05) is 65.5 Å². The molecule has 0 saturated heterocycles. The molecule has 8 aromatic rings. The van der Waals surface area contributed by atoms with Gasteiger partial charge in [-0.15, -0.1) is 11.3 Å². The van der Waals surface area contributed by atoms with Crippen molar-refractivity contribution in [2.45, 2.75) is 148 Å². The Hall–Kier alpha value is -6.04. The van der Waals surface area contributed by atoms with Crippen molar-refractivity contribution in [3.8, 4) is 11.1 Å². The van der Waals surface area contributed by atoms with Crippen LogP contribution in [0.4, 0.5) is 45.5 Å². The number of benzene rings is 7. The maximum absolute atomic E-state index is 2.81. The number of fused-ring (bicyclic) bond motifs is 12. The predicted octanol–water partition coefficient (Wildman–Crippen LogP) is 16.9. The van der Waals surface area contributed by atoms with E-state index in [1.165, 1.54) is 135 Å². The van der Waals surface area contributed by atoms with Gasteiger partial charge in [-0.25, -0.2) is 0 Å². The van der Waals surface area contributed by atoms with Gasteiger partial charge in [-0.2, -0.15) is 0 Å². The lowest BCUT2D eigenvalue weighted by molar-refractivity contribution is 0.195. The van der Waals surface area contributed by atoms with Gasteiger partial charge in [-0.3, -0.25) is 0 Å². The van der Waals surface area contributed by atoms with Crippen molar-refractivity contribution < 1.29 is 0 Å². The fourth-order valence-corrected chi connectivity index (χ4v) is 15.5. The van der Waals surface area contributed by atoms with Crippen molar-refractivity contribution in [1.29, 1.82) is 0 Å². The van der Waals surface area contributed by atoms with Crippen LogP contribution >= 0.6 is 11.3 Å². The Labute approximate surface area is 434 Å². The zero-order valence-electron chi connectivity index (χ0n) is 44.9. The zero-order chi connectivity index (χ0) is 50.2.